The van der Waals surface area contributed by atoms with Crippen molar-refractivity contribution in [1.82, 2.24) is 10.2 Å². The van der Waals surface area contributed by atoms with Gasteiger partial charge in [0, 0.05) is 18.8 Å². The van der Waals surface area contributed by atoms with Gasteiger partial charge in [0.15, 0.2) is 9.84 Å². The van der Waals surface area contributed by atoms with Crippen molar-refractivity contribution in [3.8, 4) is 0 Å². The largest absolute Gasteiger partial charge is 0.321 e. The zero-order valence-electron chi connectivity index (χ0n) is 11.2. The molecule has 1 atom stereocenters. The molecule has 1 saturated heterocycles. The first-order valence-electron chi connectivity index (χ1n) is 6.30. The van der Waals surface area contributed by atoms with Gasteiger partial charge in [-0.15, -0.1) is 0 Å². The van der Waals surface area contributed by atoms with Crippen molar-refractivity contribution in [1.29, 1.82) is 0 Å². The third-order valence-electron chi connectivity index (χ3n) is 2.94. The number of allylic oxidation sites excluding steroid dienone is 1. The lowest BCUT2D eigenvalue weighted by Gasteiger charge is -2.26. The molecule has 1 aliphatic heterocycles. The molecule has 1 N–H and O–H groups in total. The molecule has 0 saturated carbocycles. The highest BCUT2D eigenvalue weighted by Gasteiger charge is 2.33. The number of urea groups is 1. The minimum Gasteiger partial charge on any atom is -0.321 e. The molecule has 0 aromatic carbocycles. The SMILES string of the molecule is CCN(C(=O)N/C=C/C(C)C)C1CCS(=O)(=O)C1. The quantitative estimate of drug-likeness (QED) is 0.842. The van der Waals surface area contributed by atoms with Crippen LogP contribution in [0.5, 0.6) is 0 Å². The van der Waals surface area contributed by atoms with Gasteiger partial charge in [-0.2, -0.15) is 0 Å². The van der Waals surface area contributed by atoms with E-state index in [4.69, 9.17) is 0 Å². The Morgan fingerprint density at radius 1 is 1.50 bits per heavy atom. The molecule has 1 aliphatic rings. The molecule has 5 nitrogen and oxygen atoms in total. The van der Waals surface area contributed by atoms with Gasteiger partial charge in [0.2, 0.25) is 0 Å². The first-order chi connectivity index (χ1) is 8.35. The van der Waals surface area contributed by atoms with E-state index in [1.807, 2.05) is 26.8 Å². The maximum absolute atomic E-state index is 11.9. The second-order valence-electron chi connectivity index (χ2n) is 4.90. The van der Waals surface area contributed by atoms with Crippen LogP contribution in [0.3, 0.4) is 0 Å². The second-order valence-corrected chi connectivity index (χ2v) is 7.12. The highest BCUT2D eigenvalue weighted by molar-refractivity contribution is 7.91. The fourth-order valence-corrected chi connectivity index (χ4v) is 3.71. The summed E-state index contributed by atoms with van der Waals surface area (Å²) in [6, 6.07) is -0.413. The molecule has 0 aliphatic carbocycles. The van der Waals surface area contributed by atoms with Crippen LogP contribution in [0.25, 0.3) is 0 Å². The van der Waals surface area contributed by atoms with Crippen molar-refractivity contribution in [2.24, 2.45) is 5.92 Å². The molecule has 0 radical (unpaired) electrons. The molecule has 18 heavy (non-hydrogen) atoms. The summed E-state index contributed by atoms with van der Waals surface area (Å²) in [5.41, 5.74) is 0. The number of amides is 2. The van der Waals surface area contributed by atoms with Crippen molar-refractivity contribution >= 4 is 15.9 Å². The Labute approximate surface area is 109 Å². The molecular formula is C12H22N2O3S. The number of nitrogens with zero attached hydrogens (tertiary/aromatic N) is 1. The Hall–Kier alpha value is -1.04. The molecule has 1 unspecified atom stereocenters. The summed E-state index contributed by atoms with van der Waals surface area (Å²) >= 11 is 0. The fraction of sp³-hybridized carbons (Fsp3) is 0.750. The molecule has 1 heterocycles. The lowest BCUT2D eigenvalue weighted by Crippen LogP contribution is -2.45. The predicted molar refractivity (Wildman–Crippen MR) is 71.9 cm³/mol. The summed E-state index contributed by atoms with van der Waals surface area (Å²) in [4.78, 5) is 13.5. The molecule has 2 amide bonds. The van der Waals surface area contributed by atoms with Crippen LogP contribution in [-0.4, -0.2) is 43.4 Å². The van der Waals surface area contributed by atoms with E-state index in [-0.39, 0.29) is 23.6 Å². The molecule has 6 heteroatoms. The summed E-state index contributed by atoms with van der Waals surface area (Å²) in [5, 5.41) is 2.68. The summed E-state index contributed by atoms with van der Waals surface area (Å²) in [6.45, 7) is 6.41. The van der Waals surface area contributed by atoms with Crippen LogP contribution in [0.15, 0.2) is 12.3 Å². The molecule has 1 fully saturated rings. The number of carbonyl (C=O) groups is 1. The third-order valence-corrected chi connectivity index (χ3v) is 4.69. The molecule has 0 aromatic heterocycles. The van der Waals surface area contributed by atoms with E-state index in [0.717, 1.165) is 0 Å². The van der Waals surface area contributed by atoms with Gasteiger partial charge in [-0.05, 0) is 19.3 Å². The van der Waals surface area contributed by atoms with E-state index in [1.54, 1.807) is 11.1 Å². The molecule has 104 valence electrons. The van der Waals surface area contributed by atoms with E-state index < -0.39 is 9.84 Å². The predicted octanol–water partition coefficient (Wildman–Crippen LogP) is 1.37. The molecular weight excluding hydrogens is 252 g/mol. The lowest BCUT2D eigenvalue weighted by molar-refractivity contribution is 0.187. The lowest BCUT2D eigenvalue weighted by atomic mass is 10.2. The van der Waals surface area contributed by atoms with Gasteiger partial charge in [-0.25, -0.2) is 13.2 Å². The van der Waals surface area contributed by atoms with Gasteiger partial charge in [-0.1, -0.05) is 19.9 Å². The number of hydrogen-bond acceptors (Lipinski definition) is 3. The van der Waals surface area contributed by atoms with Crippen LogP contribution in [0, 0.1) is 5.92 Å². The van der Waals surface area contributed by atoms with Gasteiger partial charge in [0.25, 0.3) is 0 Å². The van der Waals surface area contributed by atoms with Crippen LogP contribution >= 0.6 is 0 Å². The van der Waals surface area contributed by atoms with Crippen molar-refractivity contribution in [2.75, 3.05) is 18.1 Å². The highest BCUT2D eigenvalue weighted by Crippen LogP contribution is 2.17. The van der Waals surface area contributed by atoms with Crippen LogP contribution in [0.1, 0.15) is 27.2 Å². The topological polar surface area (TPSA) is 66.5 Å². The highest BCUT2D eigenvalue weighted by atomic mass is 32.2. The van der Waals surface area contributed by atoms with Crippen molar-refractivity contribution in [3.05, 3.63) is 12.3 Å². The van der Waals surface area contributed by atoms with E-state index in [1.165, 1.54) is 0 Å². The third kappa shape index (κ3) is 4.33. The first-order valence-corrected chi connectivity index (χ1v) is 8.12. The minimum atomic E-state index is -2.96. The minimum absolute atomic E-state index is 0.0855. The van der Waals surface area contributed by atoms with E-state index in [2.05, 4.69) is 5.32 Å². The van der Waals surface area contributed by atoms with Crippen molar-refractivity contribution in [2.45, 2.75) is 33.2 Å². The number of nitrogens with one attached hydrogen (secondary N) is 1. The van der Waals surface area contributed by atoms with E-state index >= 15 is 0 Å². The monoisotopic (exact) mass is 274 g/mol. The smallest absolute Gasteiger partial charge is 0.321 e. The summed E-state index contributed by atoms with van der Waals surface area (Å²) in [6.07, 6.45) is 4.05. The van der Waals surface area contributed by atoms with Crippen molar-refractivity contribution < 1.29 is 13.2 Å². The fourth-order valence-electron chi connectivity index (χ4n) is 1.98. The van der Waals surface area contributed by atoms with Gasteiger partial charge >= 0.3 is 6.03 Å². The summed E-state index contributed by atoms with van der Waals surface area (Å²) in [5.74, 6) is 0.637. The number of hydrogen-bond donors (Lipinski definition) is 1. The average molecular weight is 274 g/mol. The first kappa shape index (κ1) is 15.0. The molecule has 0 spiro atoms. The normalized spacial score (nSPS) is 22.6. The summed E-state index contributed by atoms with van der Waals surface area (Å²) < 4.78 is 22.8. The second kappa shape index (κ2) is 6.22. The Morgan fingerprint density at radius 3 is 2.61 bits per heavy atom. The number of carbonyl (C=O) groups excluding carboxylic acids is 1. The zero-order valence-corrected chi connectivity index (χ0v) is 12.0. The van der Waals surface area contributed by atoms with E-state index in [0.29, 0.717) is 18.9 Å². The Balaban J connectivity index is 2.58. The molecule has 1 rings (SSSR count). The van der Waals surface area contributed by atoms with Crippen LogP contribution in [0.2, 0.25) is 0 Å². The average Bonchev–Trinajstić information content (AvgIpc) is 2.59. The Bertz CT molecular complexity index is 415. The standard InChI is InChI=1S/C12H22N2O3S/c1-4-14(11-6-8-18(16,17)9-11)12(15)13-7-5-10(2)3/h5,7,10-11H,4,6,8-9H2,1-3H3,(H,13,15)/b7-5+. The van der Waals surface area contributed by atoms with Gasteiger partial charge < -0.3 is 10.2 Å². The number of sulfone groups is 1. The van der Waals surface area contributed by atoms with Crippen LogP contribution in [0.4, 0.5) is 4.79 Å². The van der Waals surface area contributed by atoms with Crippen LogP contribution in [-0.2, 0) is 9.84 Å². The maximum atomic E-state index is 11.9. The summed E-state index contributed by atoms with van der Waals surface area (Å²) in [7, 11) is -2.96. The van der Waals surface area contributed by atoms with Gasteiger partial charge in [0.05, 0.1) is 11.5 Å². The Morgan fingerprint density at radius 2 is 2.17 bits per heavy atom. The van der Waals surface area contributed by atoms with Gasteiger partial charge in [-0.3, -0.25) is 0 Å². The molecule has 0 bridgehead atoms. The van der Waals surface area contributed by atoms with Crippen LogP contribution < -0.4 is 5.32 Å². The zero-order chi connectivity index (χ0) is 13.8. The maximum Gasteiger partial charge on any atom is 0.321 e. The molecule has 0 aromatic rings. The van der Waals surface area contributed by atoms with Gasteiger partial charge in [0.1, 0.15) is 0 Å². The number of rotatable bonds is 4. The van der Waals surface area contributed by atoms with Crippen molar-refractivity contribution in [3.63, 3.8) is 0 Å². The van der Waals surface area contributed by atoms with E-state index in [9.17, 15) is 13.2 Å². The Kier molecular flexibility index (Phi) is 5.19.